The number of hydrogen-bond acceptors (Lipinski definition) is 2. The maximum absolute atomic E-state index is 13.2. The quantitative estimate of drug-likeness (QED) is 0.794. The normalized spacial score (nSPS) is 20.9. The van der Waals surface area contributed by atoms with Crippen LogP contribution in [0, 0.1) is 5.82 Å². The summed E-state index contributed by atoms with van der Waals surface area (Å²) in [5.41, 5.74) is 0. The highest BCUT2D eigenvalue weighted by atomic mass is 79.9. The molecule has 0 heterocycles. The summed E-state index contributed by atoms with van der Waals surface area (Å²) in [6, 6.07) is 4.04. The first kappa shape index (κ1) is 15.4. The highest BCUT2D eigenvalue weighted by molar-refractivity contribution is 9.10. The minimum atomic E-state index is -3.57. The van der Waals surface area contributed by atoms with Crippen molar-refractivity contribution in [3.8, 4) is 0 Å². The molecule has 0 atom stereocenters. The fraction of sp³-hybridized carbons (Fsp3) is 0.600. The number of rotatable bonds is 4. The van der Waals surface area contributed by atoms with Gasteiger partial charge >= 0.3 is 0 Å². The Morgan fingerprint density at radius 3 is 2.24 bits per heavy atom. The van der Waals surface area contributed by atoms with Crippen LogP contribution in [-0.4, -0.2) is 24.8 Å². The Morgan fingerprint density at radius 2 is 1.67 bits per heavy atom. The predicted octanol–water partition coefficient (Wildman–Crippen LogP) is 4.07. The van der Waals surface area contributed by atoms with Crippen molar-refractivity contribution in [2.24, 2.45) is 0 Å². The summed E-state index contributed by atoms with van der Waals surface area (Å²) in [7, 11) is -3.57. The fourth-order valence-corrected chi connectivity index (χ4v) is 6.10. The largest absolute Gasteiger partial charge is 0.244 e. The number of sulfonamides is 1. The Hall–Kier alpha value is -0.460. The second-order valence-corrected chi connectivity index (χ2v) is 8.60. The van der Waals surface area contributed by atoms with E-state index in [1.165, 1.54) is 24.6 Å². The van der Waals surface area contributed by atoms with Gasteiger partial charge in [0.1, 0.15) is 5.82 Å². The van der Waals surface area contributed by atoms with Crippen molar-refractivity contribution in [2.45, 2.75) is 61.9 Å². The molecule has 116 valence electrons. The molecule has 2 aliphatic rings. The van der Waals surface area contributed by atoms with Crippen LogP contribution in [0.25, 0.3) is 0 Å². The minimum Gasteiger partial charge on any atom is -0.207 e. The van der Waals surface area contributed by atoms with E-state index in [9.17, 15) is 12.8 Å². The number of hydrogen-bond donors (Lipinski definition) is 0. The highest BCUT2D eigenvalue weighted by Gasteiger charge is 2.43. The molecule has 0 unspecified atom stereocenters. The van der Waals surface area contributed by atoms with Crippen LogP contribution < -0.4 is 0 Å². The van der Waals surface area contributed by atoms with Crippen LogP contribution in [0.3, 0.4) is 0 Å². The fourth-order valence-electron chi connectivity index (χ4n) is 3.15. The molecule has 3 nitrogen and oxygen atoms in total. The van der Waals surface area contributed by atoms with E-state index in [-0.39, 0.29) is 17.0 Å². The molecule has 6 heteroatoms. The molecule has 0 aliphatic heterocycles. The van der Waals surface area contributed by atoms with Gasteiger partial charge in [0, 0.05) is 16.6 Å². The number of benzene rings is 1. The topological polar surface area (TPSA) is 37.4 Å². The van der Waals surface area contributed by atoms with Crippen molar-refractivity contribution < 1.29 is 12.8 Å². The zero-order chi connectivity index (χ0) is 15.0. The van der Waals surface area contributed by atoms with E-state index in [1.807, 2.05) is 0 Å². The Kier molecular flexibility index (Phi) is 4.39. The lowest BCUT2D eigenvalue weighted by atomic mass is 9.95. The molecular formula is C15H19BrFNO2S. The van der Waals surface area contributed by atoms with Gasteiger partial charge in [0.15, 0.2) is 0 Å². The molecular weight excluding hydrogens is 357 g/mol. The zero-order valence-electron chi connectivity index (χ0n) is 11.8. The molecule has 0 aromatic heterocycles. The van der Waals surface area contributed by atoms with E-state index in [2.05, 4.69) is 15.9 Å². The van der Waals surface area contributed by atoms with Crippen molar-refractivity contribution in [1.29, 1.82) is 0 Å². The van der Waals surface area contributed by atoms with E-state index in [0.717, 1.165) is 38.5 Å². The molecule has 0 spiro atoms. The maximum Gasteiger partial charge on any atom is 0.244 e. The third-order valence-corrected chi connectivity index (χ3v) is 7.27. The van der Waals surface area contributed by atoms with Crippen LogP contribution in [0.2, 0.25) is 0 Å². The maximum atomic E-state index is 13.2. The Morgan fingerprint density at radius 1 is 1.05 bits per heavy atom. The van der Waals surface area contributed by atoms with Gasteiger partial charge in [0.25, 0.3) is 0 Å². The van der Waals surface area contributed by atoms with Crippen LogP contribution in [0.1, 0.15) is 44.9 Å². The van der Waals surface area contributed by atoms with Gasteiger partial charge in [-0.3, -0.25) is 0 Å². The van der Waals surface area contributed by atoms with Crippen molar-refractivity contribution >= 4 is 26.0 Å². The summed E-state index contributed by atoms with van der Waals surface area (Å²) in [6.07, 6.45) is 7.13. The highest BCUT2D eigenvalue weighted by Crippen LogP contribution is 2.39. The first-order chi connectivity index (χ1) is 10.00. The van der Waals surface area contributed by atoms with Gasteiger partial charge in [-0.05, 0) is 59.8 Å². The van der Waals surface area contributed by atoms with Crippen LogP contribution in [-0.2, 0) is 10.0 Å². The smallest absolute Gasteiger partial charge is 0.207 e. The minimum absolute atomic E-state index is 0.105. The summed E-state index contributed by atoms with van der Waals surface area (Å²) in [4.78, 5) is 0.182. The summed E-state index contributed by atoms with van der Waals surface area (Å²) in [5, 5.41) is 0. The zero-order valence-corrected chi connectivity index (χ0v) is 14.2. The Bertz CT molecular complexity index is 625. The molecule has 2 fully saturated rings. The van der Waals surface area contributed by atoms with Gasteiger partial charge in [-0.15, -0.1) is 0 Å². The number of nitrogens with zero attached hydrogens (tertiary/aromatic N) is 1. The van der Waals surface area contributed by atoms with Gasteiger partial charge in [-0.2, -0.15) is 4.31 Å². The van der Waals surface area contributed by atoms with E-state index >= 15 is 0 Å². The second kappa shape index (κ2) is 5.97. The SMILES string of the molecule is O=S(=O)(c1ccc(F)cc1Br)N(C1CCCCC1)C1CC1. The first-order valence-corrected chi connectivity index (χ1v) is 9.72. The van der Waals surface area contributed by atoms with Crippen molar-refractivity contribution in [1.82, 2.24) is 4.31 Å². The molecule has 2 aliphatic carbocycles. The van der Waals surface area contributed by atoms with Crippen molar-refractivity contribution in [2.75, 3.05) is 0 Å². The molecule has 21 heavy (non-hydrogen) atoms. The van der Waals surface area contributed by atoms with E-state index < -0.39 is 15.8 Å². The van der Waals surface area contributed by atoms with Gasteiger partial charge in [0.05, 0.1) is 4.90 Å². The molecule has 0 N–H and O–H groups in total. The van der Waals surface area contributed by atoms with Crippen LogP contribution >= 0.6 is 15.9 Å². The molecule has 1 aromatic carbocycles. The Labute approximate surface area is 133 Å². The lowest BCUT2D eigenvalue weighted by molar-refractivity contribution is 0.246. The summed E-state index contributed by atoms with van der Waals surface area (Å²) >= 11 is 3.20. The van der Waals surface area contributed by atoms with Gasteiger partial charge in [0.2, 0.25) is 10.0 Å². The van der Waals surface area contributed by atoms with E-state index in [0.29, 0.717) is 4.47 Å². The van der Waals surface area contributed by atoms with Gasteiger partial charge in [-0.25, -0.2) is 12.8 Å². The molecule has 0 amide bonds. The lowest BCUT2D eigenvalue weighted by Gasteiger charge is -2.33. The lowest BCUT2D eigenvalue weighted by Crippen LogP contribution is -2.43. The second-order valence-electron chi connectivity index (χ2n) is 5.93. The summed E-state index contributed by atoms with van der Waals surface area (Å²) in [6.45, 7) is 0. The first-order valence-electron chi connectivity index (χ1n) is 7.49. The predicted molar refractivity (Wildman–Crippen MR) is 83.0 cm³/mol. The van der Waals surface area contributed by atoms with E-state index in [4.69, 9.17) is 0 Å². The molecule has 1 aromatic rings. The third-order valence-electron chi connectivity index (χ3n) is 4.29. The van der Waals surface area contributed by atoms with Crippen LogP contribution in [0.4, 0.5) is 4.39 Å². The third kappa shape index (κ3) is 3.17. The average molecular weight is 376 g/mol. The molecule has 0 bridgehead atoms. The van der Waals surface area contributed by atoms with E-state index in [1.54, 1.807) is 4.31 Å². The molecule has 0 saturated heterocycles. The summed E-state index contributed by atoms with van der Waals surface area (Å²) < 4.78 is 41.3. The number of halogens is 2. The molecule has 2 saturated carbocycles. The average Bonchev–Trinajstić information content (AvgIpc) is 3.24. The molecule has 3 rings (SSSR count). The van der Waals surface area contributed by atoms with Crippen molar-refractivity contribution in [3.05, 3.63) is 28.5 Å². The Balaban J connectivity index is 1.96. The van der Waals surface area contributed by atoms with Crippen LogP contribution in [0.15, 0.2) is 27.6 Å². The summed E-state index contributed by atoms with van der Waals surface area (Å²) in [5.74, 6) is -0.434. The van der Waals surface area contributed by atoms with Crippen LogP contribution in [0.5, 0.6) is 0 Å². The molecule has 0 radical (unpaired) electrons. The standard InChI is InChI=1S/C15H19BrFNO2S/c16-14-10-11(17)6-9-15(14)21(19,20)18(13-7-8-13)12-4-2-1-3-5-12/h6,9-10,12-13H,1-5,7-8H2. The van der Waals surface area contributed by atoms with Gasteiger partial charge < -0.3 is 0 Å². The van der Waals surface area contributed by atoms with Crippen molar-refractivity contribution in [3.63, 3.8) is 0 Å². The van der Waals surface area contributed by atoms with Gasteiger partial charge in [-0.1, -0.05) is 19.3 Å². The monoisotopic (exact) mass is 375 g/mol.